The highest BCUT2D eigenvalue weighted by Crippen LogP contribution is 2.43. The lowest BCUT2D eigenvalue weighted by atomic mass is 9.82. The van der Waals surface area contributed by atoms with Gasteiger partial charge in [0, 0.05) is 41.7 Å². The number of carbonyl (C=O) groups is 2. The normalized spacial score (nSPS) is 17.6. The minimum absolute atomic E-state index is 0.0691. The zero-order valence-electron chi connectivity index (χ0n) is 15.1. The average molecular weight is 390 g/mol. The van der Waals surface area contributed by atoms with Gasteiger partial charge in [-0.05, 0) is 42.8 Å². The van der Waals surface area contributed by atoms with Crippen LogP contribution >= 0.6 is 11.3 Å². The molecule has 27 heavy (non-hydrogen) atoms. The van der Waals surface area contributed by atoms with Gasteiger partial charge >= 0.3 is 0 Å². The summed E-state index contributed by atoms with van der Waals surface area (Å²) < 4.78 is 6.18. The number of aryl methyl sites for hydroxylation is 1. The van der Waals surface area contributed by atoms with Crippen molar-refractivity contribution in [3.05, 3.63) is 55.6 Å². The molecule has 2 aliphatic rings. The Balaban J connectivity index is 0.000000659. The van der Waals surface area contributed by atoms with Gasteiger partial charge in [0.1, 0.15) is 0 Å². The topological polar surface area (TPSA) is 99.7 Å². The second kappa shape index (κ2) is 8.06. The largest absolute Gasteiger partial charge is 0.483 e. The Morgan fingerprint density at radius 3 is 2.74 bits per heavy atom. The number of fused-ring (bicyclic) bond motifs is 2. The summed E-state index contributed by atoms with van der Waals surface area (Å²) in [6.07, 6.45) is 2.61. The number of H-pyrrole nitrogens is 1. The molecule has 1 saturated heterocycles. The Kier molecular flexibility index (Phi) is 5.76. The molecule has 1 fully saturated rings. The second-order valence-corrected chi connectivity index (χ2v) is 7.66. The molecule has 144 valence electrons. The van der Waals surface area contributed by atoms with Gasteiger partial charge in [-0.1, -0.05) is 0 Å². The van der Waals surface area contributed by atoms with Crippen LogP contribution in [0.15, 0.2) is 28.4 Å². The predicted molar refractivity (Wildman–Crippen MR) is 101 cm³/mol. The third-order valence-electron chi connectivity index (χ3n) is 5.03. The average Bonchev–Trinajstić information content (AvgIpc) is 3.12. The zero-order chi connectivity index (χ0) is 19.4. The van der Waals surface area contributed by atoms with Crippen LogP contribution in [0.1, 0.15) is 39.3 Å². The quantitative estimate of drug-likeness (QED) is 0.727. The van der Waals surface area contributed by atoms with Gasteiger partial charge in [-0.25, -0.2) is 0 Å². The fourth-order valence-electron chi connectivity index (χ4n) is 3.83. The lowest BCUT2D eigenvalue weighted by Crippen LogP contribution is -2.48. The van der Waals surface area contributed by atoms with Gasteiger partial charge in [0.05, 0.1) is 12.2 Å². The van der Waals surface area contributed by atoms with Gasteiger partial charge < -0.3 is 19.7 Å². The lowest BCUT2D eigenvalue weighted by Gasteiger charge is -2.44. The first-order chi connectivity index (χ1) is 13.0. The number of aromatic nitrogens is 1. The molecule has 0 radical (unpaired) electrons. The fraction of sp³-hybridized carbons (Fsp3) is 0.421. The van der Waals surface area contributed by atoms with Gasteiger partial charge in [-0.2, -0.15) is 0 Å². The fourth-order valence-corrected chi connectivity index (χ4v) is 4.78. The molecule has 4 rings (SSSR count). The van der Waals surface area contributed by atoms with Crippen LogP contribution in [-0.2, 0) is 21.6 Å². The van der Waals surface area contributed by atoms with Crippen LogP contribution in [0.3, 0.4) is 0 Å². The maximum atomic E-state index is 12.7. The minimum atomic E-state index is -0.250. The molecule has 1 spiro atoms. The SMILES string of the molecule is Cc1cc(C(=O)N2CCC3(CC2)OCCc2sccc23)cc(=O)[nH]1.O=CO. The van der Waals surface area contributed by atoms with Gasteiger partial charge in [0.2, 0.25) is 5.56 Å². The van der Waals surface area contributed by atoms with E-state index in [9.17, 15) is 9.59 Å². The Bertz CT molecular complexity index is 880. The first kappa shape index (κ1) is 19.3. The zero-order valence-corrected chi connectivity index (χ0v) is 15.9. The van der Waals surface area contributed by atoms with Crippen molar-refractivity contribution in [3.63, 3.8) is 0 Å². The third kappa shape index (κ3) is 3.96. The molecule has 0 aromatic carbocycles. The van der Waals surface area contributed by atoms with E-state index in [0.29, 0.717) is 24.3 Å². The molecule has 4 heterocycles. The van der Waals surface area contributed by atoms with Crippen molar-refractivity contribution in [1.82, 2.24) is 9.88 Å². The molecule has 2 aromatic heterocycles. The summed E-state index contributed by atoms with van der Waals surface area (Å²) in [5.74, 6) is -0.0691. The molecule has 2 N–H and O–H groups in total. The molecule has 0 bridgehead atoms. The van der Waals surface area contributed by atoms with Crippen LogP contribution in [0.2, 0.25) is 0 Å². The maximum Gasteiger partial charge on any atom is 0.290 e. The van der Waals surface area contributed by atoms with Crippen LogP contribution in [0.4, 0.5) is 0 Å². The lowest BCUT2D eigenvalue weighted by molar-refractivity contribution is -0.122. The van der Waals surface area contributed by atoms with Crippen molar-refractivity contribution in [2.75, 3.05) is 19.7 Å². The van der Waals surface area contributed by atoms with Crippen molar-refractivity contribution in [3.8, 4) is 0 Å². The molecule has 2 aromatic rings. The molecular formula is C19H22N2O5S. The molecule has 8 heteroatoms. The van der Waals surface area contributed by atoms with E-state index in [1.165, 1.54) is 16.5 Å². The van der Waals surface area contributed by atoms with Crippen LogP contribution in [-0.4, -0.2) is 47.1 Å². The summed E-state index contributed by atoms with van der Waals surface area (Å²) in [7, 11) is 0. The van der Waals surface area contributed by atoms with E-state index in [-0.39, 0.29) is 23.5 Å². The summed E-state index contributed by atoms with van der Waals surface area (Å²) in [5.41, 5.74) is 2.03. The number of amides is 1. The number of nitrogens with one attached hydrogen (secondary N) is 1. The number of piperidine rings is 1. The highest BCUT2D eigenvalue weighted by Gasteiger charge is 2.42. The Morgan fingerprint density at radius 2 is 2.07 bits per heavy atom. The van der Waals surface area contributed by atoms with Crippen molar-refractivity contribution in [2.45, 2.75) is 31.8 Å². The number of pyridine rings is 1. The van der Waals surface area contributed by atoms with Gasteiger partial charge in [0.25, 0.3) is 12.4 Å². The van der Waals surface area contributed by atoms with Crippen LogP contribution in [0.5, 0.6) is 0 Å². The third-order valence-corrected chi connectivity index (χ3v) is 6.01. The molecular weight excluding hydrogens is 368 g/mol. The second-order valence-electron chi connectivity index (χ2n) is 6.66. The molecule has 7 nitrogen and oxygen atoms in total. The van der Waals surface area contributed by atoms with Gasteiger partial charge in [-0.15, -0.1) is 11.3 Å². The van der Waals surface area contributed by atoms with Gasteiger partial charge in [-0.3, -0.25) is 14.4 Å². The summed E-state index contributed by atoms with van der Waals surface area (Å²) in [4.78, 5) is 38.6. The molecule has 0 saturated carbocycles. The molecule has 1 amide bonds. The van der Waals surface area contributed by atoms with Crippen molar-refractivity contribution in [1.29, 1.82) is 0 Å². The van der Waals surface area contributed by atoms with Crippen LogP contribution in [0.25, 0.3) is 0 Å². The summed E-state index contributed by atoms with van der Waals surface area (Å²) in [6.45, 7) is 3.60. The number of nitrogens with zero attached hydrogens (tertiary/aromatic N) is 1. The Hall–Kier alpha value is -2.45. The van der Waals surface area contributed by atoms with Crippen molar-refractivity contribution < 1.29 is 19.4 Å². The highest BCUT2D eigenvalue weighted by molar-refractivity contribution is 7.10. The summed E-state index contributed by atoms with van der Waals surface area (Å²) >= 11 is 1.80. The number of rotatable bonds is 1. The molecule has 0 unspecified atom stereocenters. The number of carbonyl (C=O) groups excluding carboxylic acids is 1. The number of ether oxygens (including phenoxy) is 1. The van der Waals surface area contributed by atoms with E-state index in [0.717, 1.165) is 25.9 Å². The highest BCUT2D eigenvalue weighted by atomic mass is 32.1. The standard InChI is InChI=1S/C18H20N2O3S.CH2O2/c1-12-10-13(11-16(21)19-12)17(22)20-6-4-18(5-7-20)14-3-9-24-15(14)2-8-23-18;2-1-3/h3,9-11H,2,4-8H2,1H3,(H,19,21);1H,(H,2,3). The van der Waals surface area contributed by atoms with E-state index < -0.39 is 0 Å². The maximum absolute atomic E-state index is 12.7. The van der Waals surface area contributed by atoms with E-state index in [2.05, 4.69) is 16.4 Å². The van der Waals surface area contributed by atoms with E-state index >= 15 is 0 Å². The first-order valence-electron chi connectivity index (χ1n) is 8.78. The first-order valence-corrected chi connectivity index (χ1v) is 9.66. The number of hydrogen-bond donors (Lipinski definition) is 2. The Labute approximate surface area is 160 Å². The number of aromatic amines is 1. The van der Waals surface area contributed by atoms with E-state index in [1.54, 1.807) is 24.3 Å². The molecule has 0 atom stereocenters. The van der Waals surface area contributed by atoms with Crippen molar-refractivity contribution in [2.24, 2.45) is 0 Å². The monoisotopic (exact) mass is 390 g/mol. The summed E-state index contributed by atoms with van der Waals surface area (Å²) in [6, 6.07) is 5.30. The van der Waals surface area contributed by atoms with Crippen LogP contribution in [0, 0.1) is 6.92 Å². The van der Waals surface area contributed by atoms with E-state index in [1.807, 2.05) is 4.90 Å². The predicted octanol–water partition coefficient (Wildman–Crippen LogP) is 2.15. The smallest absolute Gasteiger partial charge is 0.290 e. The van der Waals surface area contributed by atoms with E-state index in [4.69, 9.17) is 14.6 Å². The van der Waals surface area contributed by atoms with Crippen molar-refractivity contribution >= 4 is 23.7 Å². The Morgan fingerprint density at radius 1 is 1.37 bits per heavy atom. The number of hydrogen-bond acceptors (Lipinski definition) is 5. The number of thiophene rings is 1. The molecule has 2 aliphatic heterocycles. The molecule has 0 aliphatic carbocycles. The number of likely N-dealkylation sites (tertiary alicyclic amines) is 1. The van der Waals surface area contributed by atoms with Gasteiger partial charge in [0.15, 0.2) is 0 Å². The number of carboxylic acid groups (broad SMARTS) is 1. The van der Waals surface area contributed by atoms with Crippen LogP contribution < -0.4 is 5.56 Å². The minimum Gasteiger partial charge on any atom is -0.483 e. The summed E-state index contributed by atoms with van der Waals surface area (Å²) in [5, 5.41) is 9.03.